The number of alkyl halides is 3. The maximum absolute atomic E-state index is 13.0. The molecule has 1 heterocycles. The molecule has 2 aromatic carbocycles. The molecule has 0 aliphatic heterocycles. The van der Waals surface area contributed by atoms with E-state index in [2.05, 4.69) is 5.32 Å². The number of furan rings is 1. The first-order valence-electron chi connectivity index (χ1n) is 8.23. The van der Waals surface area contributed by atoms with Gasteiger partial charge in [-0.15, -0.1) is 0 Å². The topological polar surface area (TPSA) is 68.5 Å². The summed E-state index contributed by atoms with van der Waals surface area (Å²) in [5.41, 5.74) is -0.935. The average molecular weight is 424 g/mol. The van der Waals surface area contributed by atoms with E-state index in [0.29, 0.717) is 11.6 Å². The number of hydrogen-bond donors (Lipinski definition) is 1. The Balaban J connectivity index is 1.88. The monoisotopic (exact) mass is 423 g/mol. The van der Waals surface area contributed by atoms with E-state index < -0.39 is 29.7 Å². The summed E-state index contributed by atoms with van der Waals surface area (Å²) in [4.78, 5) is 25.0. The van der Waals surface area contributed by atoms with Crippen molar-refractivity contribution in [1.29, 1.82) is 0 Å². The lowest BCUT2D eigenvalue weighted by molar-refractivity contribution is -0.137. The van der Waals surface area contributed by atoms with Crippen LogP contribution >= 0.6 is 11.6 Å². The number of amides is 1. The fourth-order valence-corrected chi connectivity index (χ4v) is 2.62. The minimum Gasteiger partial charge on any atom is -0.457 e. The van der Waals surface area contributed by atoms with E-state index in [1.165, 1.54) is 30.5 Å². The summed E-state index contributed by atoms with van der Waals surface area (Å²) in [5, 5.41) is 2.19. The molecule has 0 saturated carbocycles. The molecular formula is C20H13ClF3NO4. The second-order valence-electron chi connectivity index (χ2n) is 5.85. The number of anilines is 1. The first kappa shape index (κ1) is 20.5. The minimum atomic E-state index is -4.62. The fourth-order valence-electron chi connectivity index (χ4n) is 2.46. The Morgan fingerprint density at radius 3 is 2.38 bits per heavy atom. The molecule has 0 aliphatic carbocycles. The lowest BCUT2D eigenvalue weighted by Gasteiger charge is -2.18. The van der Waals surface area contributed by atoms with E-state index >= 15 is 0 Å². The van der Waals surface area contributed by atoms with E-state index in [4.69, 9.17) is 20.8 Å². The Hall–Kier alpha value is -3.26. The maximum Gasteiger partial charge on any atom is 0.416 e. The quantitative estimate of drug-likeness (QED) is 0.551. The molecule has 0 fully saturated rings. The van der Waals surface area contributed by atoms with Gasteiger partial charge >= 0.3 is 12.1 Å². The second-order valence-corrected chi connectivity index (χ2v) is 6.26. The molecule has 0 spiro atoms. The summed E-state index contributed by atoms with van der Waals surface area (Å²) in [5.74, 6) is -1.91. The van der Waals surface area contributed by atoms with Crippen molar-refractivity contribution in [2.75, 3.05) is 5.32 Å². The molecule has 9 heteroatoms. The number of halogens is 4. The van der Waals surface area contributed by atoms with Crippen molar-refractivity contribution >= 4 is 29.2 Å². The van der Waals surface area contributed by atoms with Crippen LogP contribution in [0.4, 0.5) is 18.9 Å². The third-order valence-corrected chi connectivity index (χ3v) is 4.17. The van der Waals surface area contributed by atoms with Gasteiger partial charge in [0.1, 0.15) is 0 Å². The van der Waals surface area contributed by atoms with Crippen LogP contribution in [0.5, 0.6) is 0 Å². The lowest BCUT2D eigenvalue weighted by Crippen LogP contribution is -2.26. The number of hydrogen-bond acceptors (Lipinski definition) is 4. The number of rotatable bonds is 5. The number of benzene rings is 2. The van der Waals surface area contributed by atoms with Crippen LogP contribution in [0, 0.1) is 0 Å². The van der Waals surface area contributed by atoms with E-state index in [1.54, 1.807) is 18.2 Å². The molecule has 0 aliphatic rings. The Bertz CT molecular complexity index is 1000. The summed E-state index contributed by atoms with van der Waals surface area (Å²) >= 11 is 5.92. The van der Waals surface area contributed by atoms with Gasteiger partial charge in [-0.05, 0) is 30.3 Å². The van der Waals surface area contributed by atoms with Crippen molar-refractivity contribution in [3.63, 3.8) is 0 Å². The third-order valence-electron chi connectivity index (χ3n) is 3.84. The predicted octanol–water partition coefficient (Wildman–Crippen LogP) is 5.49. The van der Waals surface area contributed by atoms with Crippen molar-refractivity contribution in [3.8, 4) is 0 Å². The number of carbonyl (C=O) groups excluding carboxylic acids is 2. The standard InChI is InChI=1S/C20H13ClF3NO4/c21-14-9-8-13(20(22,23)24)11-15(14)25-18(26)17(12-5-2-1-3-6-12)29-19(27)16-7-4-10-28-16/h1-11,17H,(H,25,26)/t17-/m1/s1. The predicted molar refractivity (Wildman–Crippen MR) is 98.4 cm³/mol. The molecule has 0 unspecified atom stereocenters. The Morgan fingerprint density at radius 2 is 1.76 bits per heavy atom. The van der Waals surface area contributed by atoms with Crippen LogP contribution in [-0.2, 0) is 15.7 Å². The highest BCUT2D eigenvalue weighted by molar-refractivity contribution is 6.33. The highest BCUT2D eigenvalue weighted by Crippen LogP contribution is 2.34. The smallest absolute Gasteiger partial charge is 0.416 e. The van der Waals surface area contributed by atoms with Gasteiger partial charge in [0.25, 0.3) is 5.91 Å². The molecule has 1 aromatic heterocycles. The zero-order valence-electron chi connectivity index (χ0n) is 14.6. The zero-order valence-corrected chi connectivity index (χ0v) is 15.3. The van der Waals surface area contributed by atoms with Gasteiger partial charge in [0.05, 0.1) is 22.5 Å². The first-order chi connectivity index (χ1) is 13.8. The van der Waals surface area contributed by atoms with Crippen LogP contribution < -0.4 is 5.32 Å². The third kappa shape index (κ3) is 4.97. The molecule has 150 valence electrons. The van der Waals surface area contributed by atoms with Crippen LogP contribution in [0.25, 0.3) is 0 Å². The Labute approximate surface area is 168 Å². The summed E-state index contributed by atoms with van der Waals surface area (Å²) in [6.07, 6.45) is -4.80. The number of nitrogens with one attached hydrogen (secondary N) is 1. The van der Waals surface area contributed by atoms with Gasteiger partial charge in [-0.25, -0.2) is 4.79 Å². The molecule has 29 heavy (non-hydrogen) atoms. The van der Waals surface area contributed by atoms with E-state index in [0.717, 1.165) is 12.1 Å². The van der Waals surface area contributed by atoms with E-state index in [-0.39, 0.29) is 16.5 Å². The molecule has 0 saturated heterocycles. The highest BCUT2D eigenvalue weighted by Gasteiger charge is 2.32. The highest BCUT2D eigenvalue weighted by atomic mass is 35.5. The summed E-state index contributed by atoms with van der Waals surface area (Å²) in [6.45, 7) is 0. The van der Waals surface area contributed by atoms with Crippen molar-refractivity contribution in [3.05, 3.63) is 88.8 Å². The Kier molecular flexibility index (Phi) is 5.93. The number of carbonyl (C=O) groups is 2. The molecular weight excluding hydrogens is 411 g/mol. The van der Waals surface area contributed by atoms with Gasteiger partial charge in [0.2, 0.25) is 11.9 Å². The molecule has 1 amide bonds. The normalized spacial score (nSPS) is 12.3. The van der Waals surface area contributed by atoms with Gasteiger partial charge in [-0.2, -0.15) is 13.2 Å². The minimum absolute atomic E-state index is 0.101. The number of ether oxygens (including phenoxy) is 1. The van der Waals surface area contributed by atoms with Gasteiger partial charge in [0.15, 0.2) is 0 Å². The van der Waals surface area contributed by atoms with Crippen molar-refractivity contribution in [1.82, 2.24) is 0 Å². The summed E-state index contributed by atoms with van der Waals surface area (Å²) in [6, 6.07) is 13.3. The van der Waals surface area contributed by atoms with Crippen molar-refractivity contribution in [2.24, 2.45) is 0 Å². The Morgan fingerprint density at radius 1 is 1.03 bits per heavy atom. The molecule has 5 nitrogen and oxygen atoms in total. The van der Waals surface area contributed by atoms with Crippen LogP contribution in [0.1, 0.15) is 27.8 Å². The largest absolute Gasteiger partial charge is 0.457 e. The van der Waals surface area contributed by atoms with Gasteiger partial charge in [0, 0.05) is 5.56 Å². The molecule has 0 radical (unpaired) electrons. The first-order valence-corrected chi connectivity index (χ1v) is 8.60. The lowest BCUT2D eigenvalue weighted by atomic mass is 10.1. The van der Waals surface area contributed by atoms with Gasteiger partial charge in [-0.3, -0.25) is 4.79 Å². The van der Waals surface area contributed by atoms with E-state index in [1.807, 2.05) is 0 Å². The molecule has 3 aromatic rings. The zero-order chi connectivity index (χ0) is 21.0. The SMILES string of the molecule is O=C(O[C@@H](C(=O)Nc1cc(C(F)(F)F)ccc1Cl)c1ccccc1)c1ccco1. The van der Waals surface area contributed by atoms with Crippen LogP contribution in [0.2, 0.25) is 5.02 Å². The average Bonchev–Trinajstić information content (AvgIpc) is 3.22. The summed E-state index contributed by atoms with van der Waals surface area (Å²) < 4.78 is 49.1. The van der Waals surface area contributed by atoms with Gasteiger partial charge in [-0.1, -0.05) is 41.9 Å². The molecule has 3 rings (SSSR count). The number of esters is 1. The maximum atomic E-state index is 13.0. The van der Waals surface area contributed by atoms with Gasteiger partial charge < -0.3 is 14.5 Å². The van der Waals surface area contributed by atoms with Crippen LogP contribution in [0.15, 0.2) is 71.3 Å². The molecule has 1 atom stereocenters. The van der Waals surface area contributed by atoms with Crippen molar-refractivity contribution in [2.45, 2.75) is 12.3 Å². The van der Waals surface area contributed by atoms with Crippen LogP contribution in [-0.4, -0.2) is 11.9 Å². The van der Waals surface area contributed by atoms with Crippen LogP contribution in [0.3, 0.4) is 0 Å². The molecule has 0 bridgehead atoms. The van der Waals surface area contributed by atoms with Crippen molar-refractivity contribution < 1.29 is 31.9 Å². The summed E-state index contributed by atoms with van der Waals surface area (Å²) in [7, 11) is 0. The second kappa shape index (κ2) is 8.40. The van der Waals surface area contributed by atoms with E-state index in [9.17, 15) is 22.8 Å². The molecule has 1 N–H and O–H groups in total. The fraction of sp³-hybridized carbons (Fsp3) is 0.100.